The van der Waals surface area contributed by atoms with Crippen molar-refractivity contribution in [2.75, 3.05) is 37.4 Å². The van der Waals surface area contributed by atoms with Crippen molar-refractivity contribution >= 4 is 48.3 Å². The Balaban J connectivity index is 1.95. The number of fused-ring (bicyclic) bond motifs is 1. The zero-order chi connectivity index (χ0) is 15.3. The first-order chi connectivity index (χ1) is 10.00. The normalized spacial score (nSPS) is 11.9. The highest BCUT2D eigenvalue weighted by Crippen LogP contribution is 2.28. The summed E-state index contributed by atoms with van der Waals surface area (Å²) in [5.74, 6) is -0.132. The Kier molecular flexibility index (Phi) is 5.77. The van der Waals surface area contributed by atoms with Gasteiger partial charge in [0, 0.05) is 12.1 Å². The van der Waals surface area contributed by atoms with Gasteiger partial charge < -0.3 is 9.47 Å². The van der Waals surface area contributed by atoms with E-state index in [4.69, 9.17) is 21.1 Å². The van der Waals surface area contributed by atoms with Crippen molar-refractivity contribution < 1.29 is 17.9 Å². The van der Waals surface area contributed by atoms with Gasteiger partial charge in [0.25, 0.3) is 0 Å². The number of nitrogens with zero attached hydrogens (tertiary/aromatic N) is 1. The summed E-state index contributed by atoms with van der Waals surface area (Å²) in [5, 5.41) is 0.913. The molecule has 9 heteroatoms. The molecular weight excluding hydrogens is 336 g/mol. The maximum atomic E-state index is 11.9. The number of hydrogen-bond donors (Lipinski definition) is 1. The lowest BCUT2D eigenvalue weighted by Gasteiger charge is -2.05. The summed E-state index contributed by atoms with van der Waals surface area (Å²) in [6, 6.07) is 5.21. The highest BCUT2D eigenvalue weighted by molar-refractivity contribution is 7.92. The molecule has 1 aromatic heterocycles. The summed E-state index contributed by atoms with van der Waals surface area (Å²) in [5.41, 5.74) is 0.707. The van der Waals surface area contributed by atoms with Crippen molar-refractivity contribution in [3.8, 4) is 0 Å². The van der Waals surface area contributed by atoms with Gasteiger partial charge in [0.15, 0.2) is 5.13 Å². The van der Waals surface area contributed by atoms with E-state index in [2.05, 4.69) is 9.71 Å². The molecule has 0 bridgehead atoms. The molecule has 0 spiro atoms. The van der Waals surface area contributed by atoms with Crippen LogP contribution in [0.4, 0.5) is 5.13 Å². The highest BCUT2D eigenvalue weighted by Gasteiger charge is 2.13. The van der Waals surface area contributed by atoms with Crippen LogP contribution in [0.5, 0.6) is 0 Å². The lowest BCUT2D eigenvalue weighted by atomic mass is 10.3. The Bertz CT molecular complexity index is 702. The molecule has 1 aromatic carbocycles. The summed E-state index contributed by atoms with van der Waals surface area (Å²) >= 11 is 7.12. The Labute approximate surface area is 132 Å². The molecule has 0 unspecified atom stereocenters. The molecule has 2 rings (SSSR count). The fourth-order valence-electron chi connectivity index (χ4n) is 1.54. The number of thiazole rings is 1. The fourth-order valence-corrected chi connectivity index (χ4v) is 3.83. The van der Waals surface area contributed by atoms with E-state index < -0.39 is 10.0 Å². The van der Waals surface area contributed by atoms with Crippen molar-refractivity contribution in [3.05, 3.63) is 23.2 Å². The summed E-state index contributed by atoms with van der Waals surface area (Å²) < 4.78 is 37.0. The van der Waals surface area contributed by atoms with E-state index in [-0.39, 0.29) is 12.4 Å². The fraction of sp³-hybridized carbons (Fsp3) is 0.417. The number of anilines is 1. The Morgan fingerprint density at radius 1 is 1.33 bits per heavy atom. The maximum absolute atomic E-state index is 11.9. The summed E-state index contributed by atoms with van der Waals surface area (Å²) in [4.78, 5) is 4.21. The van der Waals surface area contributed by atoms with Crippen molar-refractivity contribution in [1.29, 1.82) is 0 Å². The standard InChI is InChI=1S/C12H15ClN2O4S2/c1-18-4-5-19-6-7-21(16,17)15-12-14-10-3-2-9(13)8-11(10)20-12/h2-3,8H,4-7H2,1H3,(H,14,15). The third kappa shape index (κ3) is 5.08. The van der Waals surface area contributed by atoms with E-state index in [1.54, 1.807) is 25.3 Å². The average molecular weight is 351 g/mol. The number of ether oxygens (including phenoxy) is 2. The number of benzene rings is 1. The smallest absolute Gasteiger partial charge is 0.236 e. The highest BCUT2D eigenvalue weighted by atomic mass is 35.5. The van der Waals surface area contributed by atoms with Crippen LogP contribution in [0.1, 0.15) is 0 Å². The molecule has 0 atom stereocenters. The quantitative estimate of drug-likeness (QED) is 0.739. The second kappa shape index (κ2) is 7.37. The molecule has 0 saturated heterocycles. The molecule has 2 aromatic rings. The summed E-state index contributed by atoms with van der Waals surface area (Å²) in [7, 11) is -1.92. The largest absolute Gasteiger partial charge is 0.382 e. The van der Waals surface area contributed by atoms with Crippen LogP contribution in [0.25, 0.3) is 10.2 Å². The number of nitrogens with one attached hydrogen (secondary N) is 1. The monoisotopic (exact) mass is 350 g/mol. The SMILES string of the molecule is COCCOCCS(=O)(=O)Nc1nc2ccc(Cl)cc2s1. The molecule has 0 amide bonds. The third-order valence-electron chi connectivity index (χ3n) is 2.52. The van der Waals surface area contributed by atoms with E-state index in [1.807, 2.05) is 0 Å². The van der Waals surface area contributed by atoms with Gasteiger partial charge in [0.1, 0.15) is 0 Å². The molecule has 1 N–H and O–H groups in total. The molecule has 0 fully saturated rings. The van der Waals surface area contributed by atoms with Gasteiger partial charge >= 0.3 is 0 Å². The van der Waals surface area contributed by atoms with Crippen LogP contribution in [0.3, 0.4) is 0 Å². The molecule has 21 heavy (non-hydrogen) atoms. The van der Waals surface area contributed by atoms with Gasteiger partial charge in [-0.3, -0.25) is 4.72 Å². The number of sulfonamides is 1. The molecule has 0 radical (unpaired) electrons. The number of hydrogen-bond acceptors (Lipinski definition) is 6. The van der Waals surface area contributed by atoms with E-state index in [1.165, 1.54) is 11.3 Å². The van der Waals surface area contributed by atoms with Gasteiger partial charge in [0.2, 0.25) is 10.0 Å². The Morgan fingerprint density at radius 3 is 2.90 bits per heavy atom. The lowest BCUT2D eigenvalue weighted by molar-refractivity contribution is 0.0785. The zero-order valence-corrected chi connectivity index (χ0v) is 13.7. The molecule has 0 aliphatic rings. The Hall–Kier alpha value is -0.930. The average Bonchev–Trinajstić information content (AvgIpc) is 2.78. The number of halogens is 1. The van der Waals surface area contributed by atoms with Crippen LogP contribution in [0.15, 0.2) is 18.2 Å². The van der Waals surface area contributed by atoms with Crippen molar-refractivity contribution in [3.63, 3.8) is 0 Å². The number of aromatic nitrogens is 1. The summed E-state index contributed by atoms with van der Waals surface area (Å²) in [6.07, 6.45) is 0. The minimum absolute atomic E-state index is 0.107. The first-order valence-corrected chi connectivity index (χ1v) is 8.98. The maximum Gasteiger partial charge on any atom is 0.236 e. The molecule has 116 valence electrons. The van der Waals surface area contributed by atoms with Crippen LogP contribution in [0.2, 0.25) is 5.02 Å². The molecule has 0 aliphatic carbocycles. The van der Waals surface area contributed by atoms with E-state index >= 15 is 0 Å². The minimum atomic E-state index is -3.48. The van der Waals surface area contributed by atoms with Crippen LogP contribution in [-0.4, -0.2) is 46.1 Å². The van der Waals surface area contributed by atoms with Crippen molar-refractivity contribution in [2.45, 2.75) is 0 Å². The molecule has 0 aliphatic heterocycles. The van der Waals surface area contributed by atoms with Crippen molar-refractivity contribution in [2.24, 2.45) is 0 Å². The molecule has 6 nitrogen and oxygen atoms in total. The van der Waals surface area contributed by atoms with Crippen LogP contribution in [0, 0.1) is 0 Å². The predicted octanol–water partition coefficient (Wildman–Crippen LogP) is 2.35. The van der Waals surface area contributed by atoms with Crippen LogP contribution < -0.4 is 4.72 Å². The van der Waals surface area contributed by atoms with Gasteiger partial charge in [-0.25, -0.2) is 13.4 Å². The minimum Gasteiger partial charge on any atom is -0.382 e. The van der Waals surface area contributed by atoms with Gasteiger partial charge in [-0.1, -0.05) is 22.9 Å². The molecule has 1 heterocycles. The number of methoxy groups -OCH3 is 1. The Morgan fingerprint density at radius 2 is 2.14 bits per heavy atom. The van der Waals surface area contributed by atoms with E-state index in [0.29, 0.717) is 28.9 Å². The van der Waals surface area contributed by atoms with E-state index in [0.717, 1.165) is 4.70 Å². The van der Waals surface area contributed by atoms with Crippen LogP contribution in [-0.2, 0) is 19.5 Å². The third-order valence-corrected chi connectivity index (χ3v) is 5.03. The van der Waals surface area contributed by atoms with Gasteiger partial charge in [-0.2, -0.15) is 0 Å². The lowest BCUT2D eigenvalue weighted by Crippen LogP contribution is -2.20. The van der Waals surface area contributed by atoms with Crippen LogP contribution >= 0.6 is 22.9 Å². The number of rotatable bonds is 8. The van der Waals surface area contributed by atoms with E-state index in [9.17, 15) is 8.42 Å². The van der Waals surface area contributed by atoms with Crippen molar-refractivity contribution in [1.82, 2.24) is 4.98 Å². The van der Waals surface area contributed by atoms with Gasteiger partial charge in [-0.15, -0.1) is 0 Å². The van der Waals surface area contributed by atoms with Gasteiger partial charge in [-0.05, 0) is 18.2 Å². The second-order valence-corrected chi connectivity index (χ2v) is 7.47. The molecular formula is C12H15ClN2O4S2. The molecule has 0 saturated carbocycles. The predicted molar refractivity (Wildman–Crippen MR) is 84.7 cm³/mol. The first kappa shape index (κ1) is 16.4. The first-order valence-electron chi connectivity index (χ1n) is 6.13. The zero-order valence-electron chi connectivity index (χ0n) is 11.3. The second-order valence-electron chi connectivity index (χ2n) is 4.16. The van der Waals surface area contributed by atoms with Gasteiger partial charge in [0.05, 0.1) is 35.8 Å². The topological polar surface area (TPSA) is 77.5 Å². The summed E-state index contributed by atoms with van der Waals surface area (Å²) in [6.45, 7) is 0.910.